The SMILES string of the molecule is Cc1ccsc1CN(C)C(C(=O)Nc1cccc(S(=O)(=O)N2CCOCC2)c1)c1ccccc1. The van der Waals surface area contributed by atoms with Crippen LogP contribution in [0.1, 0.15) is 22.0 Å². The first kappa shape index (κ1) is 24.6. The molecule has 1 aliphatic rings. The summed E-state index contributed by atoms with van der Waals surface area (Å²) in [4.78, 5) is 16.9. The van der Waals surface area contributed by atoms with Crippen molar-refractivity contribution in [2.75, 3.05) is 38.7 Å². The summed E-state index contributed by atoms with van der Waals surface area (Å²) >= 11 is 1.67. The molecule has 2 heterocycles. The molecule has 1 atom stereocenters. The number of hydrogen-bond acceptors (Lipinski definition) is 6. The molecule has 3 aromatic rings. The molecule has 1 unspecified atom stereocenters. The van der Waals surface area contributed by atoms with Crippen LogP contribution in [0.4, 0.5) is 5.69 Å². The predicted molar refractivity (Wildman–Crippen MR) is 134 cm³/mol. The van der Waals surface area contributed by atoms with E-state index in [0.29, 0.717) is 38.5 Å². The number of morpholine rings is 1. The van der Waals surface area contributed by atoms with E-state index in [9.17, 15) is 13.2 Å². The number of thiophene rings is 1. The fourth-order valence-corrected chi connectivity index (χ4v) is 6.43. The lowest BCUT2D eigenvalue weighted by molar-refractivity contribution is -0.121. The van der Waals surface area contributed by atoms with Crippen molar-refractivity contribution >= 4 is 33.0 Å². The second kappa shape index (κ2) is 10.8. The molecule has 0 bridgehead atoms. The van der Waals surface area contributed by atoms with Crippen LogP contribution < -0.4 is 5.32 Å². The summed E-state index contributed by atoms with van der Waals surface area (Å²) < 4.78 is 32.8. The monoisotopic (exact) mass is 499 g/mol. The second-order valence-corrected chi connectivity index (χ2v) is 11.2. The predicted octanol–water partition coefficient (Wildman–Crippen LogP) is 3.89. The molecule has 0 radical (unpaired) electrons. The standard InChI is InChI=1S/C25H29N3O4S2/c1-19-11-16-33-23(19)18-27(2)24(20-7-4-3-5-8-20)25(29)26-21-9-6-10-22(17-21)34(30,31)28-12-14-32-15-13-28/h3-11,16-17,24H,12-15,18H2,1-2H3,(H,26,29). The number of nitrogens with zero attached hydrogens (tertiary/aromatic N) is 2. The van der Waals surface area contributed by atoms with Gasteiger partial charge in [-0.3, -0.25) is 9.69 Å². The average molecular weight is 500 g/mol. The third-order valence-electron chi connectivity index (χ3n) is 5.88. The lowest BCUT2D eigenvalue weighted by Crippen LogP contribution is -2.40. The zero-order valence-electron chi connectivity index (χ0n) is 19.3. The fraction of sp³-hybridized carbons (Fsp3) is 0.320. The third kappa shape index (κ3) is 5.56. The van der Waals surface area contributed by atoms with Crippen LogP contribution in [0.3, 0.4) is 0 Å². The van der Waals surface area contributed by atoms with Crippen molar-refractivity contribution in [1.82, 2.24) is 9.21 Å². The number of ether oxygens (including phenoxy) is 1. The van der Waals surface area contributed by atoms with E-state index >= 15 is 0 Å². The van der Waals surface area contributed by atoms with Crippen LogP contribution in [0.15, 0.2) is 70.9 Å². The average Bonchev–Trinajstić information content (AvgIpc) is 3.24. The Balaban J connectivity index is 1.57. The highest BCUT2D eigenvalue weighted by Crippen LogP contribution is 2.27. The normalized spacial score (nSPS) is 15.9. The molecule has 1 aromatic heterocycles. The van der Waals surface area contributed by atoms with Gasteiger partial charge in [0.15, 0.2) is 0 Å². The molecule has 34 heavy (non-hydrogen) atoms. The molecule has 9 heteroatoms. The van der Waals surface area contributed by atoms with Crippen LogP contribution in [0.5, 0.6) is 0 Å². The number of anilines is 1. The molecule has 7 nitrogen and oxygen atoms in total. The Hall–Kier alpha value is -2.56. The zero-order valence-corrected chi connectivity index (χ0v) is 20.9. The number of benzene rings is 2. The summed E-state index contributed by atoms with van der Waals surface area (Å²) in [5, 5.41) is 5.00. The molecule has 1 aliphatic heterocycles. The lowest BCUT2D eigenvalue weighted by Gasteiger charge is -2.28. The van der Waals surface area contributed by atoms with E-state index in [0.717, 1.165) is 5.56 Å². The van der Waals surface area contributed by atoms with Gasteiger partial charge < -0.3 is 10.1 Å². The minimum absolute atomic E-state index is 0.158. The van der Waals surface area contributed by atoms with Gasteiger partial charge in [-0.2, -0.15) is 4.31 Å². The third-order valence-corrected chi connectivity index (χ3v) is 8.78. The number of carbonyl (C=O) groups excluding carboxylic acids is 1. The van der Waals surface area contributed by atoms with Crippen molar-refractivity contribution < 1.29 is 17.9 Å². The van der Waals surface area contributed by atoms with E-state index in [1.54, 1.807) is 29.5 Å². The molecule has 4 rings (SSSR count). The minimum atomic E-state index is -3.66. The number of nitrogens with one attached hydrogen (secondary N) is 1. The van der Waals surface area contributed by atoms with Crippen molar-refractivity contribution in [1.29, 1.82) is 0 Å². The minimum Gasteiger partial charge on any atom is -0.379 e. The van der Waals surface area contributed by atoms with E-state index < -0.39 is 16.1 Å². The van der Waals surface area contributed by atoms with E-state index in [1.165, 1.54) is 20.8 Å². The Bertz CT molecular complexity index is 1220. The Morgan fingerprint density at radius 2 is 1.85 bits per heavy atom. The zero-order chi connectivity index (χ0) is 24.1. The summed E-state index contributed by atoms with van der Waals surface area (Å²) in [6.45, 7) is 4.10. The van der Waals surface area contributed by atoms with Crippen molar-refractivity contribution in [2.45, 2.75) is 24.4 Å². The van der Waals surface area contributed by atoms with E-state index in [2.05, 4.69) is 23.7 Å². The van der Waals surface area contributed by atoms with Gasteiger partial charge in [-0.1, -0.05) is 36.4 Å². The number of sulfonamides is 1. The topological polar surface area (TPSA) is 79.0 Å². The molecule has 1 saturated heterocycles. The van der Waals surface area contributed by atoms with Crippen molar-refractivity contribution in [3.63, 3.8) is 0 Å². The molecule has 1 fully saturated rings. The summed E-state index contributed by atoms with van der Waals surface area (Å²) in [6, 6.07) is 17.6. The quantitative estimate of drug-likeness (QED) is 0.509. The Labute approximate surface area is 205 Å². The van der Waals surface area contributed by atoms with Gasteiger partial charge in [0.2, 0.25) is 15.9 Å². The molecule has 0 aliphatic carbocycles. The maximum atomic E-state index is 13.5. The number of likely N-dealkylation sites (N-methyl/N-ethyl adjacent to an activating group) is 1. The Kier molecular flexibility index (Phi) is 7.80. The Morgan fingerprint density at radius 3 is 2.53 bits per heavy atom. The van der Waals surface area contributed by atoms with Gasteiger partial charge in [0.25, 0.3) is 0 Å². The summed E-state index contributed by atoms with van der Waals surface area (Å²) in [6.07, 6.45) is 0. The number of hydrogen-bond donors (Lipinski definition) is 1. The van der Waals surface area contributed by atoms with Crippen molar-refractivity contribution in [3.05, 3.63) is 82.0 Å². The smallest absolute Gasteiger partial charge is 0.246 e. The van der Waals surface area contributed by atoms with Gasteiger partial charge >= 0.3 is 0 Å². The van der Waals surface area contributed by atoms with Crippen LogP contribution >= 0.6 is 11.3 Å². The van der Waals surface area contributed by atoms with Gasteiger partial charge in [-0.05, 0) is 54.7 Å². The van der Waals surface area contributed by atoms with Gasteiger partial charge in [0.1, 0.15) is 6.04 Å². The first-order valence-electron chi connectivity index (χ1n) is 11.1. The maximum Gasteiger partial charge on any atom is 0.246 e. The lowest BCUT2D eigenvalue weighted by atomic mass is 10.0. The second-order valence-electron chi connectivity index (χ2n) is 8.29. The van der Waals surface area contributed by atoms with Gasteiger partial charge in [0.05, 0.1) is 18.1 Å². The molecular formula is C25H29N3O4S2. The van der Waals surface area contributed by atoms with Crippen molar-refractivity contribution in [3.8, 4) is 0 Å². The fourth-order valence-electron chi connectivity index (χ4n) is 4.01. The number of amides is 1. The van der Waals surface area contributed by atoms with Crippen LogP contribution in [-0.2, 0) is 26.1 Å². The van der Waals surface area contributed by atoms with Gasteiger partial charge in [-0.15, -0.1) is 11.3 Å². The van der Waals surface area contributed by atoms with E-state index in [-0.39, 0.29) is 10.8 Å². The van der Waals surface area contributed by atoms with Crippen molar-refractivity contribution in [2.24, 2.45) is 0 Å². The highest BCUT2D eigenvalue weighted by atomic mass is 32.2. The molecular weight excluding hydrogens is 470 g/mol. The number of aryl methyl sites for hydroxylation is 1. The first-order valence-corrected chi connectivity index (χ1v) is 13.5. The van der Waals surface area contributed by atoms with Crippen LogP contribution in [0.2, 0.25) is 0 Å². The molecule has 180 valence electrons. The number of rotatable bonds is 8. The largest absolute Gasteiger partial charge is 0.379 e. The van der Waals surface area contributed by atoms with Gasteiger partial charge in [0, 0.05) is 30.2 Å². The summed E-state index contributed by atoms with van der Waals surface area (Å²) in [5.74, 6) is -0.219. The maximum absolute atomic E-state index is 13.5. The Morgan fingerprint density at radius 1 is 1.12 bits per heavy atom. The van der Waals surface area contributed by atoms with Crippen LogP contribution in [-0.4, -0.2) is 56.9 Å². The highest BCUT2D eigenvalue weighted by molar-refractivity contribution is 7.89. The van der Waals surface area contributed by atoms with Crippen LogP contribution in [0.25, 0.3) is 0 Å². The highest BCUT2D eigenvalue weighted by Gasteiger charge is 2.28. The van der Waals surface area contributed by atoms with Gasteiger partial charge in [-0.25, -0.2) is 8.42 Å². The summed E-state index contributed by atoms with van der Waals surface area (Å²) in [7, 11) is -1.73. The van der Waals surface area contributed by atoms with E-state index in [4.69, 9.17) is 4.74 Å². The molecule has 0 spiro atoms. The molecule has 0 saturated carbocycles. The van der Waals surface area contributed by atoms with E-state index in [1.807, 2.05) is 42.3 Å². The molecule has 1 amide bonds. The van der Waals surface area contributed by atoms with Crippen LogP contribution in [0, 0.1) is 6.92 Å². The number of carbonyl (C=O) groups is 1. The molecule has 1 N–H and O–H groups in total. The molecule has 2 aromatic carbocycles. The first-order chi connectivity index (χ1) is 16.4. The summed E-state index contributed by atoms with van der Waals surface area (Å²) in [5.41, 5.74) is 2.51.